The number of imidazole rings is 1. The SMILES string of the molecule is Cc1nc(N)n(C)c1C1CCOCC1. The van der Waals surface area contributed by atoms with Crippen LogP contribution in [0.15, 0.2) is 0 Å². The highest BCUT2D eigenvalue weighted by Gasteiger charge is 2.22. The van der Waals surface area contributed by atoms with Crippen LogP contribution in [0.4, 0.5) is 5.95 Å². The summed E-state index contributed by atoms with van der Waals surface area (Å²) in [5, 5.41) is 0. The van der Waals surface area contributed by atoms with Crippen LogP contribution < -0.4 is 5.73 Å². The lowest BCUT2D eigenvalue weighted by Crippen LogP contribution is -2.17. The smallest absolute Gasteiger partial charge is 0.200 e. The van der Waals surface area contributed by atoms with E-state index in [-0.39, 0.29) is 0 Å². The molecule has 0 unspecified atom stereocenters. The average Bonchev–Trinajstić information content (AvgIpc) is 2.43. The number of aromatic nitrogens is 2. The van der Waals surface area contributed by atoms with Gasteiger partial charge in [0.05, 0.1) is 5.69 Å². The van der Waals surface area contributed by atoms with E-state index in [0.29, 0.717) is 11.9 Å². The maximum Gasteiger partial charge on any atom is 0.200 e. The molecule has 4 heteroatoms. The molecule has 0 amide bonds. The molecule has 0 bridgehead atoms. The lowest BCUT2D eigenvalue weighted by atomic mass is 9.95. The van der Waals surface area contributed by atoms with Gasteiger partial charge in [-0.15, -0.1) is 0 Å². The van der Waals surface area contributed by atoms with Crippen molar-refractivity contribution in [3.05, 3.63) is 11.4 Å². The van der Waals surface area contributed by atoms with E-state index in [9.17, 15) is 0 Å². The predicted octanol–water partition coefficient (Wildman–Crippen LogP) is 1.20. The van der Waals surface area contributed by atoms with E-state index < -0.39 is 0 Å². The second-order valence-electron chi connectivity index (χ2n) is 3.89. The number of nitrogen functional groups attached to an aromatic ring is 1. The van der Waals surface area contributed by atoms with Crippen LogP contribution in [0.5, 0.6) is 0 Å². The Balaban J connectivity index is 2.29. The molecule has 1 saturated heterocycles. The Hall–Kier alpha value is -1.03. The Bertz CT molecular complexity index is 326. The van der Waals surface area contributed by atoms with Gasteiger partial charge < -0.3 is 15.0 Å². The summed E-state index contributed by atoms with van der Waals surface area (Å²) in [5.74, 6) is 1.18. The fourth-order valence-corrected chi connectivity index (χ4v) is 2.21. The summed E-state index contributed by atoms with van der Waals surface area (Å²) >= 11 is 0. The molecule has 1 aromatic heterocycles. The standard InChI is InChI=1S/C10H17N3O/c1-7-9(13(2)10(11)12-7)8-3-5-14-6-4-8/h8H,3-6H2,1-2H3,(H2,11,12). The van der Waals surface area contributed by atoms with Gasteiger partial charge in [-0.25, -0.2) is 4.98 Å². The largest absolute Gasteiger partial charge is 0.381 e. The van der Waals surface area contributed by atoms with Crippen molar-refractivity contribution in [3.8, 4) is 0 Å². The van der Waals surface area contributed by atoms with Gasteiger partial charge >= 0.3 is 0 Å². The summed E-state index contributed by atoms with van der Waals surface area (Å²) in [6, 6.07) is 0. The Labute approximate surface area is 84.1 Å². The highest BCUT2D eigenvalue weighted by Crippen LogP contribution is 2.29. The molecule has 0 spiro atoms. The molecular formula is C10H17N3O. The normalized spacial score (nSPS) is 18.7. The molecule has 0 radical (unpaired) electrons. The fourth-order valence-electron chi connectivity index (χ4n) is 2.21. The number of nitrogens with zero attached hydrogens (tertiary/aromatic N) is 2. The number of rotatable bonds is 1. The minimum absolute atomic E-state index is 0.568. The highest BCUT2D eigenvalue weighted by molar-refractivity contribution is 5.30. The third-order valence-electron chi connectivity index (χ3n) is 2.97. The predicted molar refractivity (Wildman–Crippen MR) is 55.2 cm³/mol. The molecule has 2 heterocycles. The van der Waals surface area contributed by atoms with Gasteiger partial charge in [0.15, 0.2) is 5.95 Å². The van der Waals surface area contributed by atoms with Gasteiger partial charge in [0, 0.05) is 31.9 Å². The first-order chi connectivity index (χ1) is 6.70. The topological polar surface area (TPSA) is 53.1 Å². The average molecular weight is 195 g/mol. The van der Waals surface area contributed by atoms with Crippen molar-refractivity contribution in [2.75, 3.05) is 18.9 Å². The Morgan fingerprint density at radius 2 is 2.07 bits per heavy atom. The maximum absolute atomic E-state index is 5.77. The second kappa shape index (κ2) is 3.61. The van der Waals surface area contributed by atoms with Gasteiger partial charge in [-0.1, -0.05) is 0 Å². The van der Waals surface area contributed by atoms with Crippen molar-refractivity contribution in [3.63, 3.8) is 0 Å². The minimum atomic E-state index is 0.568. The third-order valence-corrected chi connectivity index (χ3v) is 2.97. The summed E-state index contributed by atoms with van der Waals surface area (Å²) in [6.07, 6.45) is 2.17. The molecule has 1 aromatic rings. The first-order valence-corrected chi connectivity index (χ1v) is 5.06. The molecule has 0 atom stereocenters. The molecule has 2 N–H and O–H groups in total. The van der Waals surface area contributed by atoms with Gasteiger partial charge in [-0.3, -0.25) is 0 Å². The van der Waals surface area contributed by atoms with Crippen molar-refractivity contribution in [1.29, 1.82) is 0 Å². The first kappa shape index (κ1) is 9.52. The van der Waals surface area contributed by atoms with E-state index in [2.05, 4.69) is 4.98 Å². The first-order valence-electron chi connectivity index (χ1n) is 5.06. The highest BCUT2D eigenvalue weighted by atomic mass is 16.5. The van der Waals surface area contributed by atoms with E-state index in [4.69, 9.17) is 10.5 Å². The van der Waals surface area contributed by atoms with E-state index in [0.717, 1.165) is 31.7 Å². The number of nitrogens with two attached hydrogens (primary N) is 1. The van der Waals surface area contributed by atoms with Crippen LogP contribution in [0.2, 0.25) is 0 Å². The third kappa shape index (κ3) is 1.50. The lowest BCUT2D eigenvalue weighted by molar-refractivity contribution is 0.0838. The molecule has 78 valence electrons. The van der Waals surface area contributed by atoms with Crippen molar-refractivity contribution in [1.82, 2.24) is 9.55 Å². The summed E-state index contributed by atoms with van der Waals surface area (Å²) in [7, 11) is 1.99. The van der Waals surface area contributed by atoms with E-state index in [1.54, 1.807) is 0 Å². The molecule has 4 nitrogen and oxygen atoms in total. The zero-order chi connectivity index (χ0) is 10.1. The number of anilines is 1. The minimum Gasteiger partial charge on any atom is -0.381 e. The maximum atomic E-state index is 5.77. The lowest BCUT2D eigenvalue weighted by Gasteiger charge is -2.23. The molecular weight excluding hydrogens is 178 g/mol. The van der Waals surface area contributed by atoms with E-state index in [1.165, 1.54) is 5.69 Å². The summed E-state index contributed by atoms with van der Waals surface area (Å²) in [6.45, 7) is 3.74. The monoisotopic (exact) mass is 195 g/mol. The summed E-state index contributed by atoms with van der Waals surface area (Å²) < 4.78 is 7.35. The molecule has 0 aliphatic carbocycles. The van der Waals surface area contributed by atoms with Gasteiger partial charge in [-0.2, -0.15) is 0 Å². The van der Waals surface area contributed by atoms with Gasteiger partial charge in [0.25, 0.3) is 0 Å². The van der Waals surface area contributed by atoms with Crippen LogP contribution in [0, 0.1) is 6.92 Å². The molecule has 14 heavy (non-hydrogen) atoms. The quantitative estimate of drug-likeness (QED) is 0.732. The van der Waals surface area contributed by atoms with Crippen LogP contribution in [0.3, 0.4) is 0 Å². The fraction of sp³-hybridized carbons (Fsp3) is 0.700. The number of hydrogen-bond donors (Lipinski definition) is 1. The van der Waals surface area contributed by atoms with Gasteiger partial charge in [0.1, 0.15) is 0 Å². The zero-order valence-corrected chi connectivity index (χ0v) is 8.79. The van der Waals surface area contributed by atoms with Crippen molar-refractivity contribution < 1.29 is 4.74 Å². The second-order valence-corrected chi connectivity index (χ2v) is 3.89. The Kier molecular flexibility index (Phi) is 2.46. The summed E-state index contributed by atoms with van der Waals surface area (Å²) in [4.78, 5) is 4.29. The molecule has 1 aliphatic heterocycles. The molecule has 2 rings (SSSR count). The molecule has 0 aromatic carbocycles. The zero-order valence-electron chi connectivity index (χ0n) is 8.79. The van der Waals surface area contributed by atoms with Crippen LogP contribution in [-0.4, -0.2) is 22.8 Å². The van der Waals surface area contributed by atoms with Gasteiger partial charge in [-0.05, 0) is 19.8 Å². The molecule has 1 fully saturated rings. The number of ether oxygens (including phenoxy) is 1. The van der Waals surface area contributed by atoms with Crippen molar-refractivity contribution in [2.45, 2.75) is 25.7 Å². The van der Waals surface area contributed by atoms with E-state index >= 15 is 0 Å². The molecule has 1 aliphatic rings. The Morgan fingerprint density at radius 1 is 1.43 bits per heavy atom. The van der Waals surface area contributed by atoms with Crippen LogP contribution >= 0.6 is 0 Å². The molecule has 0 saturated carbocycles. The number of aryl methyl sites for hydroxylation is 1. The number of hydrogen-bond acceptors (Lipinski definition) is 3. The van der Waals surface area contributed by atoms with Crippen molar-refractivity contribution >= 4 is 5.95 Å². The van der Waals surface area contributed by atoms with Crippen LogP contribution in [-0.2, 0) is 11.8 Å². The summed E-state index contributed by atoms with van der Waals surface area (Å²) in [5.41, 5.74) is 8.12. The van der Waals surface area contributed by atoms with Crippen molar-refractivity contribution in [2.24, 2.45) is 7.05 Å². The Morgan fingerprint density at radius 3 is 2.57 bits per heavy atom. The van der Waals surface area contributed by atoms with Crippen LogP contribution in [0.25, 0.3) is 0 Å². The van der Waals surface area contributed by atoms with E-state index in [1.807, 2.05) is 18.5 Å². The van der Waals surface area contributed by atoms with Gasteiger partial charge in [0.2, 0.25) is 0 Å². The van der Waals surface area contributed by atoms with Crippen LogP contribution in [0.1, 0.15) is 30.1 Å².